The van der Waals surface area contributed by atoms with Gasteiger partial charge in [0.25, 0.3) is 0 Å². The van der Waals surface area contributed by atoms with Crippen molar-refractivity contribution in [3.05, 3.63) is 24.2 Å². The molecule has 156 valence electrons. The quantitative estimate of drug-likeness (QED) is 0.810. The van der Waals surface area contributed by atoms with E-state index in [-0.39, 0.29) is 0 Å². The molecule has 1 saturated heterocycles. The van der Waals surface area contributed by atoms with E-state index < -0.39 is 0 Å². The van der Waals surface area contributed by atoms with Crippen LogP contribution in [0.1, 0.15) is 44.2 Å². The second-order valence-electron chi connectivity index (χ2n) is 8.84. The Morgan fingerprint density at radius 3 is 2.66 bits per heavy atom. The molecule has 2 aliphatic carbocycles. The first kappa shape index (κ1) is 19.0. The Kier molecular flexibility index (Phi) is 5.50. The molecular formula is C22H32N6O. The SMILES string of the molecule is Cn1ncc(-c2ccnc(N[C@H]3CC[C@H](N4CCOCC4)CC3)n2)c1CC1CC1. The van der Waals surface area contributed by atoms with Crippen LogP contribution in [0.15, 0.2) is 18.5 Å². The predicted octanol–water partition coefficient (Wildman–Crippen LogP) is 2.88. The Morgan fingerprint density at radius 2 is 1.90 bits per heavy atom. The van der Waals surface area contributed by atoms with Crippen LogP contribution in [0, 0.1) is 5.92 Å². The Labute approximate surface area is 172 Å². The minimum atomic E-state index is 0.461. The van der Waals surface area contributed by atoms with Crippen LogP contribution in [-0.4, -0.2) is 63.0 Å². The fourth-order valence-electron chi connectivity index (χ4n) is 4.80. The lowest BCUT2D eigenvalue weighted by molar-refractivity contribution is 0.00790. The topological polar surface area (TPSA) is 68.1 Å². The minimum Gasteiger partial charge on any atom is -0.379 e. The Hall–Kier alpha value is -1.99. The molecule has 1 N–H and O–H groups in total. The average Bonchev–Trinajstić information content (AvgIpc) is 3.51. The van der Waals surface area contributed by atoms with Crippen LogP contribution in [0.5, 0.6) is 0 Å². The second-order valence-corrected chi connectivity index (χ2v) is 8.84. The molecule has 29 heavy (non-hydrogen) atoms. The Balaban J connectivity index is 1.22. The standard InChI is InChI=1S/C22H32N6O/c1-27-21(14-16-2-3-16)19(15-24-27)20-8-9-23-22(26-20)25-17-4-6-18(7-5-17)28-10-12-29-13-11-28/h8-9,15-18H,2-7,10-14H2,1H3,(H,23,25,26)/t17-,18-. The monoisotopic (exact) mass is 396 g/mol. The summed E-state index contributed by atoms with van der Waals surface area (Å²) in [6.45, 7) is 3.94. The van der Waals surface area contributed by atoms with Crippen LogP contribution in [-0.2, 0) is 18.2 Å². The summed E-state index contributed by atoms with van der Waals surface area (Å²) in [7, 11) is 2.04. The van der Waals surface area contributed by atoms with Crippen LogP contribution in [0.4, 0.5) is 5.95 Å². The fraction of sp³-hybridized carbons (Fsp3) is 0.682. The molecule has 3 fully saturated rings. The van der Waals surface area contributed by atoms with Crippen LogP contribution in [0.25, 0.3) is 11.3 Å². The number of anilines is 1. The van der Waals surface area contributed by atoms with Crippen molar-refractivity contribution in [3.63, 3.8) is 0 Å². The lowest BCUT2D eigenvalue weighted by Crippen LogP contribution is -2.46. The van der Waals surface area contributed by atoms with Crippen molar-refractivity contribution < 1.29 is 4.74 Å². The maximum absolute atomic E-state index is 5.50. The number of aryl methyl sites for hydroxylation is 1. The highest BCUT2D eigenvalue weighted by Crippen LogP contribution is 2.35. The van der Waals surface area contributed by atoms with E-state index in [1.807, 2.05) is 30.2 Å². The van der Waals surface area contributed by atoms with Crippen molar-refractivity contribution >= 4 is 5.95 Å². The van der Waals surface area contributed by atoms with Gasteiger partial charge in [0.1, 0.15) is 0 Å². The molecule has 0 unspecified atom stereocenters. The zero-order chi connectivity index (χ0) is 19.6. The predicted molar refractivity (Wildman–Crippen MR) is 113 cm³/mol. The lowest BCUT2D eigenvalue weighted by Gasteiger charge is -2.38. The van der Waals surface area contributed by atoms with Gasteiger partial charge in [0.2, 0.25) is 5.95 Å². The molecule has 2 saturated carbocycles. The highest BCUT2D eigenvalue weighted by atomic mass is 16.5. The van der Waals surface area contributed by atoms with E-state index in [0.29, 0.717) is 12.1 Å². The molecule has 0 aromatic carbocycles. The molecule has 5 rings (SSSR count). The van der Waals surface area contributed by atoms with E-state index in [4.69, 9.17) is 9.72 Å². The number of rotatable bonds is 6. The van der Waals surface area contributed by atoms with Crippen molar-refractivity contribution in [2.24, 2.45) is 13.0 Å². The van der Waals surface area contributed by atoms with Gasteiger partial charge >= 0.3 is 0 Å². The highest BCUT2D eigenvalue weighted by molar-refractivity contribution is 5.62. The Bertz CT molecular complexity index is 818. The molecule has 2 aromatic heterocycles. The third-order valence-electron chi connectivity index (χ3n) is 6.76. The van der Waals surface area contributed by atoms with Gasteiger partial charge < -0.3 is 10.1 Å². The van der Waals surface area contributed by atoms with Crippen molar-refractivity contribution in [1.82, 2.24) is 24.6 Å². The van der Waals surface area contributed by atoms with Gasteiger partial charge in [-0.15, -0.1) is 0 Å². The normalized spacial score (nSPS) is 25.8. The smallest absolute Gasteiger partial charge is 0.223 e. The highest BCUT2D eigenvalue weighted by Gasteiger charge is 2.28. The van der Waals surface area contributed by atoms with Crippen molar-refractivity contribution in [1.29, 1.82) is 0 Å². The van der Waals surface area contributed by atoms with E-state index in [0.717, 1.165) is 55.8 Å². The summed E-state index contributed by atoms with van der Waals surface area (Å²) in [6, 6.07) is 3.18. The van der Waals surface area contributed by atoms with Gasteiger partial charge in [-0.2, -0.15) is 5.10 Å². The summed E-state index contributed by atoms with van der Waals surface area (Å²) in [5, 5.41) is 8.10. The largest absolute Gasteiger partial charge is 0.379 e. The first-order valence-electron chi connectivity index (χ1n) is 11.2. The minimum absolute atomic E-state index is 0.461. The number of nitrogens with zero attached hydrogens (tertiary/aromatic N) is 5. The fourth-order valence-corrected chi connectivity index (χ4v) is 4.80. The van der Waals surface area contributed by atoms with Crippen molar-refractivity contribution in [2.45, 2.75) is 57.0 Å². The van der Waals surface area contributed by atoms with Gasteiger partial charge in [0, 0.05) is 49.7 Å². The molecule has 0 amide bonds. The molecule has 7 nitrogen and oxygen atoms in total. The number of nitrogens with one attached hydrogen (secondary N) is 1. The number of hydrogen-bond acceptors (Lipinski definition) is 6. The van der Waals surface area contributed by atoms with Crippen LogP contribution in [0.2, 0.25) is 0 Å². The average molecular weight is 397 g/mol. The van der Waals surface area contributed by atoms with Crippen molar-refractivity contribution in [3.8, 4) is 11.3 Å². The maximum atomic E-state index is 5.50. The summed E-state index contributed by atoms with van der Waals surface area (Å²) in [5.41, 5.74) is 3.43. The summed E-state index contributed by atoms with van der Waals surface area (Å²) >= 11 is 0. The number of ether oxygens (including phenoxy) is 1. The zero-order valence-electron chi connectivity index (χ0n) is 17.4. The van der Waals surface area contributed by atoms with Gasteiger partial charge in [-0.3, -0.25) is 9.58 Å². The molecule has 1 aliphatic heterocycles. The summed E-state index contributed by atoms with van der Waals surface area (Å²) in [6.07, 6.45) is 12.4. The first-order chi connectivity index (χ1) is 14.3. The summed E-state index contributed by atoms with van der Waals surface area (Å²) in [5.74, 6) is 1.57. The summed E-state index contributed by atoms with van der Waals surface area (Å²) in [4.78, 5) is 12.0. The first-order valence-corrected chi connectivity index (χ1v) is 11.2. The molecule has 0 radical (unpaired) electrons. The van der Waals surface area contributed by atoms with E-state index >= 15 is 0 Å². The molecule has 7 heteroatoms. The number of aromatic nitrogens is 4. The number of hydrogen-bond donors (Lipinski definition) is 1. The van der Waals surface area contributed by atoms with Crippen molar-refractivity contribution in [2.75, 3.05) is 31.6 Å². The molecule has 3 aliphatic rings. The zero-order valence-corrected chi connectivity index (χ0v) is 17.4. The maximum Gasteiger partial charge on any atom is 0.223 e. The van der Waals surface area contributed by atoms with E-state index in [2.05, 4.69) is 20.3 Å². The van der Waals surface area contributed by atoms with Crippen LogP contribution >= 0.6 is 0 Å². The van der Waals surface area contributed by atoms with Gasteiger partial charge in [-0.1, -0.05) is 0 Å². The van der Waals surface area contributed by atoms with Crippen LogP contribution in [0.3, 0.4) is 0 Å². The second kappa shape index (κ2) is 8.40. The molecule has 0 bridgehead atoms. The number of morpholine rings is 1. The molecule has 0 spiro atoms. The Morgan fingerprint density at radius 1 is 1.10 bits per heavy atom. The van der Waals surface area contributed by atoms with Gasteiger partial charge in [0.15, 0.2) is 0 Å². The molecule has 2 aromatic rings. The molecule has 3 heterocycles. The lowest BCUT2D eigenvalue weighted by atomic mass is 9.90. The van der Waals surface area contributed by atoms with Gasteiger partial charge in [-0.05, 0) is 56.9 Å². The van der Waals surface area contributed by atoms with E-state index in [1.165, 1.54) is 44.2 Å². The van der Waals surface area contributed by atoms with Crippen LogP contribution < -0.4 is 5.32 Å². The third kappa shape index (κ3) is 4.46. The molecular weight excluding hydrogens is 364 g/mol. The van der Waals surface area contributed by atoms with E-state index in [9.17, 15) is 0 Å². The summed E-state index contributed by atoms with van der Waals surface area (Å²) < 4.78 is 7.51. The molecule has 0 atom stereocenters. The van der Waals surface area contributed by atoms with Gasteiger partial charge in [0.05, 0.1) is 25.1 Å². The van der Waals surface area contributed by atoms with Gasteiger partial charge in [-0.25, -0.2) is 9.97 Å². The van der Waals surface area contributed by atoms with E-state index in [1.54, 1.807) is 0 Å². The third-order valence-corrected chi connectivity index (χ3v) is 6.76.